The molecule has 1 aromatic rings. The Morgan fingerprint density at radius 3 is 2.79 bits per heavy atom. The van der Waals surface area contributed by atoms with Gasteiger partial charge in [-0.15, -0.1) is 0 Å². The van der Waals surface area contributed by atoms with E-state index in [0.717, 1.165) is 12.8 Å². The molecular weight excluding hydrogens is 267 g/mol. The summed E-state index contributed by atoms with van der Waals surface area (Å²) < 4.78 is 18.9. The maximum absolute atomic E-state index is 13.1. The van der Waals surface area contributed by atoms with Gasteiger partial charge in [-0.3, -0.25) is 0 Å². The molecule has 1 aliphatic rings. The lowest BCUT2D eigenvalue weighted by Gasteiger charge is -2.22. The zero-order chi connectivity index (χ0) is 13.7. The largest absolute Gasteiger partial charge is 0.397 e. The van der Waals surface area contributed by atoms with E-state index < -0.39 is 5.82 Å². The number of benzene rings is 1. The van der Waals surface area contributed by atoms with Gasteiger partial charge in [0, 0.05) is 12.6 Å². The molecule has 1 aliphatic carbocycles. The molecule has 0 spiro atoms. The molecule has 0 radical (unpaired) electrons. The molecule has 106 valence electrons. The van der Waals surface area contributed by atoms with Crippen molar-refractivity contribution < 1.29 is 9.13 Å². The van der Waals surface area contributed by atoms with Gasteiger partial charge in [0.1, 0.15) is 5.82 Å². The molecule has 0 aromatic heterocycles. The molecule has 1 aromatic carbocycles. The van der Waals surface area contributed by atoms with Crippen molar-refractivity contribution in [3.63, 3.8) is 0 Å². The van der Waals surface area contributed by atoms with Crippen molar-refractivity contribution in [1.29, 1.82) is 0 Å². The van der Waals surface area contributed by atoms with Crippen LogP contribution in [-0.2, 0) is 4.74 Å². The third-order valence-electron chi connectivity index (χ3n) is 3.42. The lowest BCUT2D eigenvalue weighted by molar-refractivity contribution is 0.0347. The maximum atomic E-state index is 13.1. The number of hydrogen-bond donors (Lipinski definition) is 2. The monoisotopic (exact) mass is 286 g/mol. The normalized spacial score (nSPS) is 16.5. The Morgan fingerprint density at radius 1 is 1.32 bits per heavy atom. The van der Waals surface area contributed by atoms with Gasteiger partial charge in [-0.2, -0.15) is 0 Å². The minimum atomic E-state index is -0.497. The van der Waals surface area contributed by atoms with E-state index in [1.807, 2.05) is 0 Å². The van der Waals surface area contributed by atoms with Gasteiger partial charge in [-0.05, 0) is 18.9 Å². The van der Waals surface area contributed by atoms with Crippen molar-refractivity contribution in [3.05, 3.63) is 23.0 Å². The minimum absolute atomic E-state index is 0.0740. The molecule has 0 bridgehead atoms. The second-order valence-corrected chi connectivity index (χ2v) is 5.32. The lowest BCUT2D eigenvalue weighted by atomic mass is 9.98. The summed E-state index contributed by atoms with van der Waals surface area (Å²) in [5.41, 5.74) is 6.73. The van der Waals surface area contributed by atoms with Gasteiger partial charge >= 0.3 is 0 Å². The van der Waals surface area contributed by atoms with Gasteiger partial charge in [-0.25, -0.2) is 4.39 Å². The first-order valence-electron chi connectivity index (χ1n) is 6.77. The molecule has 3 N–H and O–H groups in total. The van der Waals surface area contributed by atoms with Gasteiger partial charge < -0.3 is 15.8 Å². The fourth-order valence-corrected chi connectivity index (χ4v) is 2.52. The Hall–Kier alpha value is -1.00. The zero-order valence-corrected chi connectivity index (χ0v) is 11.7. The number of halogens is 2. The van der Waals surface area contributed by atoms with Crippen LogP contribution in [0.25, 0.3) is 0 Å². The molecule has 0 aliphatic heterocycles. The highest BCUT2D eigenvalue weighted by Gasteiger charge is 2.13. The highest BCUT2D eigenvalue weighted by molar-refractivity contribution is 6.31. The molecular formula is C14H20ClFN2O. The number of rotatable bonds is 5. The predicted molar refractivity (Wildman–Crippen MR) is 77.1 cm³/mol. The number of nitrogens with one attached hydrogen (secondary N) is 1. The van der Waals surface area contributed by atoms with Gasteiger partial charge in [0.15, 0.2) is 0 Å². The van der Waals surface area contributed by atoms with Gasteiger partial charge in [0.25, 0.3) is 0 Å². The van der Waals surface area contributed by atoms with Crippen LogP contribution in [0.3, 0.4) is 0 Å². The van der Waals surface area contributed by atoms with Crippen molar-refractivity contribution in [2.24, 2.45) is 0 Å². The van der Waals surface area contributed by atoms with Crippen LogP contribution in [0.15, 0.2) is 12.1 Å². The number of nitrogen functional groups attached to an aromatic ring is 1. The third-order valence-corrected chi connectivity index (χ3v) is 3.71. The van der Waals surface area contributed by atoms with Crippen LogP contribution >= 0.6 is 11.6 Å². The van der Waals surface area contributed by atoms with Crippen molar-refractivity contribution in [2.75, 3.05) is 24.2 Å². The Morgan fingerprint density at radius 2 is 2.05 bits per heavy atom. The van der Waals surface area contributed by atoms with Crippen LogP contribution < -0.4 is 11.1 Å². The van der Waals surface area contributed by atoms with Gasteiger partial charge in [0.2, 0.25) is 0 Å². The van der Waals surface area contributed by atoms with E-state index in [9.17, 15) is 4.39 Å². The topological polar surface area (TPSA) is 47.3 Å². The quantitative estimate of drug-likeness (QED) is 0.639. The third kappa shape index (κ3) is 4.25. The summed E-state index contributed by atoms with van der Waals surface area (Å²) >= 11 is 5.72. The average Bonchev–Trinajstić information content (AvgIpc) is 2.41. The zero-order valence-electron chi connectivity index (χ0n) is 10.9. The second kappa shape index (κ2) is 6.96. The first-order chi connectivity index (χ1) is 9.16. The smallest absolute Gasteiger partial charge is 0.143 e. The standard InChI is InChI=1S/C14H20ClFN2O/c15-11-8-14(13(17)9-12(11)16)18-6-7-19-10-4-2-1-3-5-10/h8-10,18H,1-7,17H2. The summed E-state index contributed by atoms with van der Waals surface area (Å²) in [5, 5.41) is 3.19. The highest BCUT2D eigenvalue weighted by atomic mass is 35.5. The molecule has 5 heteroatoms. The molecule has 1 fully saturated rings. The van der Waals surface area contributed by atoms with E-state index in [2.05, 4.69) is 5.32 Å². The summed E-state index contributed by atoms with van der Waals surface area (Å²) in [5.74, 6) is -0.497. The fourth-order valence-electron chi connectivity index (χ4n) is 2.36. The van der Waals surface area contributed by atoms with E-state index in [-0.39, 0.29) is 5.02 Å². The number of nitrogens with two attached hydrogens (primary N) is 1. The van der Waals surface area contributed by atoms with E-state index >= 15 is 0 Å². The van der Waals surface area contributed by atoms with Crippen molar-refractivity contribution in [2.45, 2.75) is 38.2 Å². The van der Waals surface area contributed by atoms with E-state index in [1.165, 1.54) is 31.4 Å². The molecule has 19 heavy (non-hydrogen) atoms. The summed E-state index contributed by atoms with van der Waals surface area (Å²) in [4.78, 5) is 0. The van der Waals surface area contributed by atoms with Crippen LogP contribution in [0.5, 0.6) is 0 Å². The molecule has 2 rings (SSSR count). The van der Waals surface area contributed by atoms with Crippen molar-refractivity contribution >= 4 is 23.0 Å². The molecule has 0 unspecified atom stereocenters. The summed E-state index contributed by atoms with van der Waals surface area (Å²) in [6, 6.07) is 2.74. The van der Waals surface area contributed by atoms with Crippen molar-refractivity contribution in [3.8, 4) is 0 Å². The summed E-state index contributed by atoms with van der Waals surface area (Å²) in [7, 11) is 0. The van der Waals surface area contributed by atoms with E-state index in [0.29, 0.717) is 30.6 Å². The minimum Gasteiger partial charge on any atom is -0.397 e. The number of ether oxygens (including phenoxy) is 1. The van der Waals surface area contributed by atoms with Crippen LogP contribution in [0.2, 0.25) is 5.02 Å². The fraction of sp³-hybridized carbons (Fsp3) is 0.571. The number of anilines is 2. The van der Waals surface area contributed by atoms with Gasteiger partial charge in [-0.1, -0.05) is 30.9 Å². The average molecular weight is 287 g/mol. The van der Waals surface area contributed by atoms with Crippen molar-refractivity contribution in [1.82, 2.24) is 0 Å². The van der Waals surface area contributed by atoms with Gasteiger partial charge in [0.05, 0.1) is 29.1 Å². The Bertz CT molecular complexity index is 422. The SMILES string of the molecule is Nc1cc(F)c(Cl)cc1NCCOC1CCCCC1. The Balaban J connectivity index is 1.74. The summed E-state index contributed by atoms with van der Waals surface area (Å²) in [6.45, 7) is 1.27. The predicted octanol–water partition coefficient (Wildman–Crippen LogP) is 3.82. The highest BCUT2D eigenvalue weighted by Crippen LogP contribution is 2.26. The lowest BCUT2D eigenvalue weighted by Crippen LogP contribution is -2.20. The Kier molecular flexibility index (Phi) is 5.28. The molecule has 0 heterocycles. The van der Waals surface area contributed by atoms with Crippen LogP contribution in [0.4, 0.5) is 15.8 Å². The molecule has 0 atom stereocenters. The Labute approximate surface area is 118 Å². The molecule has 0 amide bonds. The number of hydrogen-bond acceptors (Lipinski definition) is 3. The van der Waals surface area contributed by atoms with Crippen LogP contribution in [-0.4, -0.2) is 19.3 Å². The first kappa shape index (κ1) is 14.4. The molecule has 0 saturated heterocycles. The van der Waals surface area contributed by atoms with Crippen LogP contribution in [0, 0.1) is 5.82 Å². The van der Waals surface area contributed by atoms with E-state index in [4.69, 9.17) is 22.1 Å². The van der Waals surface area contributed by atoms with E-state index in [1.54, 1.807) is 0 Å². The second-order valence-electron chi connectivity index (χ2n) is 4.91. The first-order valence-corrected chi connectivity index (χ1v) is 7.14. The van der Waals surface area contributed by atoms with Crippen LogP contribution in [0.1, 0.15) is 32.1 Å². The molecule has 1 saturated carbocycles. The maximum Gasteiger partial charge on any atom is 0.143 e. The molecule has 3 nitrogen and oxygen atoms in total. The summed E-state index contributed by atoms with van der Waals surface area (Å²) in [6.07, 6.45) is 6.55.